The zero-order valence-corrected chi connectivity index (χ0v) is 14.3. The topological polar surface area (TPSA) is 12.0 Å². The summed E-state index contributed by atoms with van der Waals surface area (Å²) >= 11 is 8.12. The highest BCUT2D eigenvalue weighted by atomic mass is 79.9. The minimum Gasteiger partial charge on any atom is -0.380 e. The number of anilines is 1. The van der Waals surface area contributed by atoms with Crippen LogP contribution in [0.4, 0.5) is 18.9 Å². The van der Waals surface area contributed by atoms with E-state index in [0.717, 1.165) is 26.4 Å². The van der Waals surface area contributed by atoms with E-state index >= 15 is 0 Å². The van der Waals surface area contributed by atoms with E-state index in [-0.39, 0.29) is 0 Å². The third-order valence-corrected chi connectivity index (χ3v) is 5.19. The van der Waals surface area contributed by atoms with Crippen molar-refractivity contribution in [2.24, 2.45) is 0 Å². The largest absolute Gasteiger partial charge is 0.416 e. The molecule has 0 saturated carbocycles. The number of rotatable bonds is 3. The quantitative estimate of drug-likeness (QED) is 0.612. The lowest BCUT2D eigenvalue weighted by atomic mass is 10.2. The van der Waals surface area contributed by atoms with Crippen molar-refractivity contribution in [3.8, 4) is 0 Å². The number of aryl methyl sites for hydroxylation is 1. The van der Waals surface area contributed by atoms with Crippen molar-refractivity contribution >= 4 is 48.9 Å². The molecule has 0 fully saturated rings. The second kappa shape index (κ2) is 6.07. The standard InChI is InChI=1S/C13H10Br2F3NS/c1-7-12(15)5-11(20-7)6-19-10-3-8(13(16,17)18)2-9(14)4-10/h2-5,19H,6H2,1H3. The number of halogens is 5. The summed E-state index contributed by atoms with van der Waals surface area (Å²) < 4.78 is 39.6. The summed E-state index contributed by atoms with van der Waals surface area (Å²) in [6, 6.07) is 5.78. The van der Waals surface area contributed by atoms with E-state index in [1.54, 1.807) is 17.4 Å². The van der Waals surface area contributed by atoms with Crippen LogP contribution in [0, 0.1) is 6.92 Å². The Kier molecular flexibility index (Phi) is 4.81. The van der Waals surface area contributed by atoms with Gasteiger partial charge in [0.05, 0.1) is 5.56 Å². The molecule has 1 aromatic heterocycles. The Hall–Kier alpha value is -0.530. The van der Waals surface area contributed by atoms with Crippen molar-refractivity contribution in [2.75, 3.05) is 5.32 Å². The molecule has 0 radical (unpaired) electrons. The summed E-state index contributed by atoms with van der Waals surface area (Å²) in [5.74, 6) is 0. The van der Waals surface area contributed by atoms with Gasteiger partial charge in [-0.3, -0.25) is 0 Å². The van der Waals surface area contributed by atoms with E-state index < -0.39 is 11.7 Å². The molecule has 7 heteroatoms. The van der Waals surface area contributed by atoms with Crippen LogP contribution in [-0.2, 0) is 12.7 Å². The maximum absolute atomic E-state index is 12.7. The normalized spacial score (nSPS) is 11.7. The molecule has 0 aliphatic rings. The second-order valence-electron chi connectivity index (χ2n) is 4.20. The molecule has 20 heavy (non-hydrogen) atoms. The van der Waals surface area contributed by atoms with Gasteiger partial charge >= 0.3 is 6.18 Å². The SMILES string of the molecule is Cc1sc(CNc2cc(Br)cc(C(F)(F)F)c2)cc1Br. The van der Waals surface area contributed by atoms with E-state index in [0.29, 0.717) is 16.7 Å². The van der Waals surface area contributed by atoms with Gasteiger partial charge in [-0.1, -0.05) is 15.9 Å². The Morgan fingerprint density at radius 1 is 1.15 bits per heavy atom. The molecule has 0 unspecified atom stereocenters. The van der Waals surface area contributed by atoms with Crippen molar-refractivity contribution in [3.05, 3.63) is 48.5 Å². The number of hydrogen-bond acceptors (Lipinski definition) is 2. The van der Waals surface area contributed by atoms with Crippen LogP contribution in [0.2, 0.25) is 0 Å². The Morgan fingerprint density at radius 3 is 2.40 bits per heavy atom. The van der Waals surface area contributed by atoms with Crippen LogP contribution >= 0.6 is 43.2 Å². The first-order valence-corrected chi connectivity index (χ1v) is 8.02. The fourth-order valence-corrected chi connectivity index (χ4v) is 3.68. The van der Waals surface area contributed by atoms with E-state index in [9.17, 15) is 13.2 Å². The van der Waals surface area contributed by atoms with Crippen molar-refractivity contribution in [1.82, 2.24) is 0 Å². The molecule has 0 aliphatic heterocycles. The molecule has 1 aromatic carbocycles. The predicted molar refractivity (Wildman–Crippen MR) is 83.2 cm³/mol. The molecule has 2 aromatic rings. The predicted octanol–water partition coefficient (Wildman–Crippen LogP) is 6.21. The number of benzene rings is 1. The van der Waals surface area contributed by atoms with Crippen LogP contribution in [0.25, 0.3) is 0 Å². The van der Waals surface area contributed by atoms with Gasteiger partial charge in [0.25, 0.3) is 0 Å². The number of hydrogen-bond donors (Lipinski definition) is 1. The third-order valence-electron chi connectivity index (χ3n) is 2.60. The summed E-state index contributed by atoms with van der Waals surface area (Å²) in [6.07, 6.45) is -4.34. The molecule has 0 bridgehead atoms. The summed E-state index contributed by atoms with van der Waals surface area (Å²) in [6.45, 7) is 2.48. The maximum atomic E-state index is 12.7. The van der Waals surface area contributed by atoms with E-state index in [1.165, 1.54) is 0 Å². The molecule has 1 heterocycles. The summed E-state index contributed by atoms with van der Waals surface area (Å²) in [4.78, 5) is 2.20. The molecular weight excluding hydrogens is 419 g/mol. The fraction of sp³-hybridized carbons (Fsp3) is 0.231. The van der Waals surface area contributed by atoms with Crippen molar-refractivity contribution in [3.63, 3.8) is 0 Å². The molecule has 0 atom stereocenters. The molecule has 2 rings (SSSR count). The molecular formula is C13H10Br2F3NS. The molecule has 1 N–H and O–H groups in total. The highest BCUT2D eigenvalue weighted by Crippen LogP contribution is 2.34. The summed E-state index contributed by atoms with van der Waals surface area (Å²) in [5, 5.41) is 3.01. The molecule has 0 aliphatic carbocycles. The summed E-state index contributed by atoms with van der Waals surface area (Å²) in [7, 11) is 0. The van der Waals surface area contributed by atoms with E-state index in [2.05, 4.69) is 37.2 Å². The highest BCUT2D eigenvalue weighted by molar-refractivity contribution is 9.10. The minimum absolute atomic E-state index is 0.401. The van der Waals surface area contributed by atoms with Gasteiger partial charge in [0, 0.05) is 30.9 Å². The Labute approximate surface area is 135 Å². The second-order valence-corrected chi connectivity index (χ2v) is 7.31. The zero-order chi connectivity index (χ0) is 14.9. The van der Waals surface area contributed by atoms with E-state index in [1.807, 2.05) is 13.0 Å². The van der Waals surface area contributed by atoms with Crippen molar-refractivity contribution < 1.29 is 13.2 Å². The number of thiophene rings is 1. The molecule has 0 saturated heterocycles. The van der Waals surface area contributed by atoms with Crippen LogP contribution in [0.1, 0.15) is 15.3 Å². The maximum Gasteiger partial charge on any atom is 0.416 e. The third kappa shape index (κ3) is 3.99. The first-order valence-electron chi connectivity index (χ1n) is 5.62. The molecule has 0 spiro atoms. The van der Waals surface area contributed by atoms with Gasteiger partial charge in [-0.2, -0.15) is 13.2 Å². The van der Waals surface area contributed by atoms with Crippen LogP contribution in [0.5, 0.6) is 0 Å². The average Bonchev–Trinajstić information content (AvgIpc) is 2.65. The zero-order valence-electron chi connectivity index (χ0n) is 10.3. The number of alkyl halides is 3. The number of nitrogens with one attached hydrogen (secondary N) is 1. The summed E-state index contributed by atoms with van der Waals surface area (Å²) in [5.41, 5.74) is -0.230. The highest BCUT2D eigenvalue weighted by Gasteiger charge is 2.31. The van der Waals surface area contributed by atoms with Crippen LogP contribution in [0.3, 0.4) is 0 Å². The Bertz CT molecular complexity index is 603. The van der Waals surface area contributed by atoms with Crippen molar-refractivity contribution in [2.45, 2.75) is 19.6 Å². The van der Waals surface area contributed by atoms with Crippen LogP contribution in [-0.4, -0.2) is 0 Å². The van der Waals surface area contributed by atoms with Crippen LogP contribution < -0.4 is 5.32 Å². The van der Waals surface area contributed by atoms with E-state index in [4.69, 9.17) is 0 Å². The van der Waals surface area contributed by atoms with Gasteiger partial charge in [-0.15, -0.1) is 11.3 Å². The average molecular weight is 429 g/mol. The first-order chi connectivity index (χ1) is 9.25. The van der Waals surface area contributed by atoms with Gasteiger partial charge < -0.3 is 5.32 Å². The van der Waals surface area contributed by atoms with Gasteiger partial charge in [-0.05, 0) is 47.1 Å². The lowest BCUT2D eigenvalue weighted by molar-refractivity contribution is -0.137. The molecule has 0 amide bonds. The molecule has 1 nitrogen and oxygen atoms in total. The van der Waals surface area contributed by atoms with Crippen LogP contribution in [0.15, 0.2) is 33.2 Å². The lowest BCUT2D eigenvalue weighted by Gasteiger charge is -2.11. The molecule has 108 valence electrons. The van der Waals surface area contributed by atoms with Gasteiger partial charge in [0.15, 0.2) is 0 Å². The van der Waals surface area contributed by atoms with Crippen molar-refractivity contribution in [1.29, 1.82) is 0 Å². The first kappa shape index (κ1) is 15.9. The van der Waals surface area contributed by atoms with Gasteiger partial charge in [0.1, 0.15) is 0 Å². The Morgan fingerprint density at radius 2 is 1.85 bits per heavy atom. The van der Waals surface area contributed by atoms with Gasteiger partial charge in [-0.25, -0.2) is 0 Å². The Balaban J connectivity index is 2.15. The minimum atomic E-state index is -4.34. The monoisotopic (exact) mass is 427 g/mol. The smallest absolute Gasteiger partial charge is 0.380 e. The lowest BCUT2D eigenvalue weighted by Crippen LogP contribution is -2.06. The van der Waals surface area contributed by atoms with Gasteiger partial charge in [0.2, 0.25) is 0 Å². The fourth-order valence-electron chi connectivity index (χ4n) is 1.65.